The molecule has 1 fully saturated rings. The van der Waals surface area contributed by atoms with Gasteiger partial charge in [0.1, 0.15) is 6.10 Å². The molecule has 1 heterocycles. The molecule has 0 radical (unpaired) electrons. The van der Waals surface area contributed by atoms with Gasteiger partial charge in [0, 0.05) is 6.08 Å². The minimum atomic E-state index is -4.68. The Bertz CT molecular complexity index is 566. The van der Waals surface area contributed by atoms with Crippen molar-refractivity contribution >= 4 is 26.2 Å². The Morgan fingerprint density at radius 1 is 1.39 bits per heavy atom. The second kappa shape index (κ2) is 4.93. The lowest BCUT2D eigenvalue weighted by molar-refractivity contribution is -0.140. The van der Waals surface area contributed by atoms with Gasteiger partial charge in [-0.1, -0.05) is 0 Å². The monoisotopic (exact) mass is 302 g/mol. The standard InChI is InChI=1S/C7H10O9S2/c1-4(17(9,10)11)2-6(8)16-7(5-3-15-5)18(12,13)14/h2,5,7H,3H2,1H3,(H,9,10,11)(H,12,13,14). The average Bonchev–Trinajstić information content (AvgIpc) is 2.93. The van der Waals surface area contributed by atoms with Crippen molar-refractivity contribution in [3.63, 3.8) is 0 Å². The SMILES string of the molecule is CC(=CC(=O)OC(C1CO1)S(=O)(=O)O)S(=O)(=O)O. The zero-order chi connectivity index (χ0) is 14.1. The van der Waals surface area contributed by atoms with Crippen molar-refractivity contribution < 1.29 is 40.2 Å². The fourth-order valence-electron chi connectivity index (χ4n) is 0.930. The Balaban J connectivity index is 2.81. The highest BCUT2D eigenvalue weighted by atomic mass is 32.2. The number of hydrogen-bond donors (Lipinski definition) is 2. The van der Waals surface area contributed by atoms with E-state index >= 15 is 0 Å². The predicted octanol–water partition coefficient (Wildman–Crippen LogP) is -1.07. The van der Waals surface area contributed by atoms with E-state index in [1.165, 1.54) is 0 Å². The first-order valence-corrected chi connectivity index (χ1v) is 7.40. The van der Waals surface area contributed by atoms with E-state index in [0.717, 1.165) is 6.92 Å². The number of hydrogen-bond acceptors (Lipinski definition) is 7. The van der Waals surface area contributed by atoms with Crippen molar-refractivity contribution in [1.29, 1.82) is 0 Å². The predicted molar refractivity (Wildman–Crippen MR) is 56.5 cm³/mol. The fraction of sp³-hybridized carbons (Fsp3) is 0.571. The molecule has 9 nitrogen and oxygen atoms in total. The van der Waals surface area contributed by atoms with Crippen LogP contribution in [0.1, 0.15) is 6.92 Å². The van der Waals surface area contributed by atoms with Crippen LogP contribution in [-0.4, -0.2) is 50.1 Å². The molecule has 1 aliphatic heterocycles. The fourth-order valence-corrected chi connectivity index (χ4v) is 1.93. The molecule has 2 atom stereocenters. The Labute approximate surface area is 103 Å². The van der Waals surface area contributed by atoms with E-state index in [4.69, 9.17) is 9.11 Å². The first-order chi connectivity index (χ1) is 8.01. The van der Waals surface area contributed by atoms with Gasteiger partial charge in [-0.3, -0.25) is 9.11 Å². The molecule has 0 aromatic carbocycles. The molecule has 1 saturated heterocycles. The van der Waals surface area contributed by atoms with Crippen molar-refractivity contribution in [2.45, 2.75) is 18.5 Å². The molecule has 0 aliphatic carbocycles. The van der Waals surface area contributed by atoms with Crippen LogP contribution in [0.3, 0.4) is 0 Å². The topological polar surface area (TPSA) is 148 Å². The van der Waals surface area contributed by atoms with E-state index in [1.807, 2.05) is 0 Å². The van der Waals surface area contributed by atoms with Gasteiger partial charge in [0.2, 0.25) is 0 Å². The quantitative estimate of drug-likeness (QED) is 0.280. The van der Waals surface area contributed by atoms with Gasteiger partial charge < -0.3 is 9.47 Å². The van der Waals surface area contributed by atoms with E-state index < -0.39 is 42.7 Å². The molecule has 0 saturated carbocycles. The van der Waals surface area contributed by atoms with Gasteiger partial charge in [0.25, 0.3) is 15.6 Å². The van der Waals surface area contributed by atoms with Crippen LogP contribution in [-0.2, 0) is 34.5 Å². The first-order valence-electron chi connectivity index (χ1n) is 4.46. The number of epoxide rings is 1. The molecule has 0 aromatic rings. The molecule has 0 aromatic heterocycles. The van der Waals surface area contributed by atoms with Crippen LogP contribution in [0.5, 0.6) is 0 Å². The van der Waals surface area contributed by atoms with Crippen LogP contribution in [0.4, 0.5) is 0 Å². The zero-order valence-electron chi connectivity index (χ0n) is 9.01. The van der Waals surface area contributed by atoms with Crippen LogP contribution < -0.4 is 0 Å². The summed E-state index contributed by atoms with van der Waals surface area (Å²) >= 11 is 0. The van der Waals surface area contributed by atoms with Gasteiger partial charge in [-0.05, 0) is 6.92 Å². The smallest absolute Gasteiger partial charge is 0.333 e. The summed E-state index contributed by atoms with van der Waals surface area (Å²) < 4.78 is 69.1. The maximum Gasteiger partial charge on any atom is 0.333 e. The van der Waals surface area contributed by atoms with E-state index in [9.17, 15) is 21.6 Å². The summed E-state index contributed by atoms with van der Waals surface area (Å²) in [7, 11) is -9.23. The largest absolute Gasteiger partial charge is 0.437 e. The maximum atomic E-state index is 11.2. The van der Waals surface area contributed by atoms with Gasteiger partial charge in [-0.2, -0.15) is 16.8 Å². The lowest BCUT2D eigenvalue weighted by Gasteiger charge is -2.11. The first kappa shape index (κ1) is 15.0. The lowest BCUT2D eigenvalue weighted by atomic mass is 10.5. The van der Waals surface area contributed by atoms with E-state index in [1.54, 1.807) is 0 Å². The number of allylic oxidation sites excluding steroid dienone is 1. The van der Waals surface area contributed by atoms with Crippen molar-refractivity contribution in [3.05, 3.63) is 11.0 Å². The normalized spacial score (nSPS) is 22.4. The summed E-state index contributed by atoms with van der Waals surface area (Å²) in [6.45, 7) is 0.894. The van der Waals surface area contributed by atoms with Crippen molar-refractivity contribution in [3.8, 4) is 0 Å². The van der Waals surface area contributed by atoms with E-state index in [-0.39, 0.29) is 6.61 Å². The third-order valence-electron chi connectivity index (χ3n) is 1.92. The number of esters is 1. The number of carbonyl (C=O) groups excluding carboxylic acids is 1. The van der Waals surface area contributed by atoms with Crippen molar-refractivity contribution in [2.75, 3.05) is 6.61 Å². The summed E-state index contributed by atoms with van der Waals surface area (Å²) in [6.07, 6.45) is -0.598. The highest BCUT2D eigenvalue weighted by Gasteiger charge is 2.44. The summed E-state index contributed by atoms with van der Waals surface area (Å²) in [4.78, 5) is 10.5. The molecule has 0 bridgehead atoms. The highest BCUT2D eigenvalue weighted by molar-refractivity contribution is 7.89. The molecule has 0 spiro atoms. The average molecular weight is 302 g/mol. The van der Waals surface area contributed by atoms with Crippen LogP contribution in [0.15, 0.2) is 11.0 Å². The molecule has 2 N–H and O–H groups in total. The van der Waals surface area contributed by atoms with Crippen LogP contribution in [0, 0.1) is 0 Å². The Hall–Kier alpha value is -1.01. The summed E-state index contributed by atoms with van der Waals surface area (Å²) in [5.74, 6) is -1.34. The molecular formula is C7H10O9S2. The van der Waals surface area contributed by atoms with Gasteiger partial charge in [0.05, 0.1) is 11.5 Å². The van der Waals surface area contributed by atoms with E-state index in [0.29, 0.717) is 6.08 Å². The molecule has 1 aliphatic rings. The van der Waals surface area contributed by atoms with Crippen LogP contribution in [0.2, 0.25) is 0 Å². The molecular weight excluding hydrogens is 292 g/mol. The number of carbonyl (C=O) groups is 1. The lowest BCUT2D eigenvalue weighted by Crippen LogP contribution is -2.31. The molecule has 18 heavy (non-hydrogen) atoms. The highest BCUT2D eigenvalue weighted by Crippen LogP contribution is 2.21. The molecule has 11 heteroatoms. The van der Waals surface area contributed by atoms with Crippen LogP contribution >= 0.6 is 0 Å². The van der Waals surface area contributed by atoms with Crippen molar-refractivity contribution in [1.82, 2.24) is 0 Å². The summed E-state index contributed by atoms with van der Waals surface area (Å²) in [5.41, 5.74) is -1.92. The van der Waals surface area contributed by atoms with Crippen molar-refractivity contribution in [2.24, 2.45) is 0 Å². The number of rotatable bonds is 5. The van der Waals surface area contributed by atoms with E-state index in [2.05, 4.69) is 9.47 Å². The Morgan fingerprint density at radius 2 is 1.89 bits per heavy atom. The molecule has 1 rings (SSSR count). The second-order valence-corrected chi connectivity index (χ2v) is 6.51. The summed E-state index contributed by atoms with van der Waals surface area (Å²) in [6, 6.07) is 0. The third-order valence-corrected chi connectivity index (χ3v) is 3.84. The Morgan fingerprint density at radius 3 is 2.22 bits per heavy atom. The summed E-state index contributed by atoms with van der Waals surface area (Å²) in [5, 5.41) is 0. The molecule has 0 amide bonds. The Kier molecular flexibility index (Phi) is 4.12. The maximum absolute atomic E-state index is 11.2. The zero-order valence-corrected chi connectivity index (χ0v) is 10.6. The minimum absolute atomic E-state index is 0.0151. The molecule has 104 valence electrons. The van der Waals surface area contributed by atoms with Gasteiger partial charge in [-0.25, -0.2) is 4.79 Å². The second-order valence-electron chi connectivity index (χ2n) is 3.42. The minimum Gasteiger partial charge on any atom is -0.437 e. The van der Waals surface area contributed by atoms with Gasteiger partial charge in [0.15, 0.2) is 0 Å². The molecule has 2 unspecified atom stereocenters. The van der Waals surface area contributed by atoms with Crippen LogP contribution in [0.25, 0.3) is 0 Å². The third kappa shape index (κ3) is 4.34. The van der Waals surface area contributed by atoms with Gasteiger partial charge in [-0.15, -0.1) is 0 Å². The van der Waals surface area contributed by atoms with Gasteiger partial charge >= 0.3 is 16.1 Å². The number of ether oxygens (including phenoxy) is 2.